The van der Waals surface area contributed by atoms with E-state index in [1.54, 1.807) is 0 Å². The fourth-order valence-corrected chi connectivity index (χ4v) is 0. The van der Waals surface area contributed by atoms with Crippen LogP contribution in [-0.2, 0) is 0 Å². The maximum Gasteiger partial charge on any atom is 1.00 e. The van der Waals surface area contributed by atoms with Gasteiger partial charge in [-0.15, -0.1) is 0 Å². The van der Waals surface area contributed by atoms with Crippen LogP contribution >= 0.6 is 0 Å². The Bertz CT molecular complexity index is 3.61. The highest BCUT2D eigenvalue weighted by Crippen LogP contribution is 1.56. The summed E-state index contributed by atoms with van der Waals surface area (Å²) in [5.41, 5.74) is 0. The molecule has 0 aromatic carbocycles. The Kier molecular flexibility index (Phi) is 27.0. The molecule has 28 valence electrons. The monoisotopic (exact) mass is 61.1 g/mol. The van der Waals surface area contributed by atoms with Crippen molar-refractivity contribution < 1.29 is 1.43 Å². The van der Waals surface area contributed by atoms with Crippen molar-refractivity contribution in [3.8, 4) is 0 Å². The molecule has 0 unspecified atom stereocenters. The standard InChI is InChI=1S/C3H8.CH4/c1-3-2;/h3H2,1-2H3;1H4/p+1. The van der Waals surface area contributed by atoms with Gasteiger partial charge in [-0.3, -0.25) is 0 Å². The van der Waals surface area contributed by atoms with Crippen LogP contribution in [0.1, 0.15) is 29.1 Å². The largest absolute Gasteiger partial charge is 1.00 e. The first-order chi connectivity index (χ1) is 1.41. The molecule has 0 radical (unpaired) electrons. The molecular formula is C4H13+. The van der Waals surface area contributed by atoms with Crippen molar-refractivity contribution in [2.24, 2.45) is 0 Å². The van der Waals surface area contributed by atoms with E-state index in [0.29, 0.717) is 0 Å². The van der Waals surface area contributed by atoms with Crippen molar-refractivity contribution in [2.75, 3.05) is 0 Å². The van der Waals surface area contributed by atoms with Crippen molar-refractivity contribution in [1.29, 1.82) is 0 Å². The molecule has 0 saturated carbocycles. The molecule has 0 aromatic heterocycles. The van der Waals surface area contributed by atoms with Gasteiger partial charge in [0.1, 0.15) is 0 Å². The van der Waals surface area contributed by atoms with Crippen molar-refractivity contribution in [2.45, 2.75) is 27.7 Å². The van der Waals surface area contributed by atoms with Gasteiger partial charge >= 0.3 is 1.43 Å². The van der Waals surface area contributed by atoms with Gasteiger partial charge in [0.2, 0.25) is 0 Å². The van der Waals surface area contributed by atoms with Crippen molar-refractivity contribution in [3.63, 3.8) is 0 Å². The van der Waals surface area contributed by atoms with E-state index in [1.165, 1.54) is 6.42 Å². The minimum absolute atomic E-state index is 0. The third kappa shape index (κ3) is 0. The molecule has 0 aromatic rings. The van der Waals surface area contributed by atoms with Crippen LogP contribution in [0, 0.1) is 0 Å². The van der Waals surface area contributed by atoms with Gasteiger partial charge in [-0.2, -0.15) is 0 Å². The fourth-order valence-electron chi connectivity index (χ4n) is 0. The minimum atomic E-state index is 0. The molecule has 0 nitrogen and oxygen atoms in total. The van der Waals surface area contributed by atoms with E-state index in [9.17, 15) is 0 Å². The van der Waals surface area contributed by atoms with Crippen LogP contribution in [0.2, 0.25) is 0 Å². The second-order valence-electron chi connectivity index (χ2n) is 0.707. The molecule has 0 spiro atoms. The molecule has 0 fully saturated rings. The van der Waals surface area contributed by atoms with Crippen LogP contribution < -0.4 is 0 Å². The maximum absolute atomic E-state index is 2.12. The third-order valence-corrected chi connectivity index (χ3v) is 0. The SMILES string of the molecule is C.CCC.[H+]. The van der Waals surface area contributed by atoms with Gasteiger partial charge < -0.3 is 0 Å². The molecule has 0 saturated heterocycles. The smallest absolute Gasteiger partial charge is 0.0776 e. The van der Waals surface area contributed by atoms with Crippen molar-refractivity contribution >= 4 is 0 Å². The highest BCUT2D eigenvalue weighted by atomic mass is 13.4. The molecular weight excluding hydrogens is 48.0 g/mol. The third-order valence-electron chi connectivity index (χ3n) is 0. The number of hydrogen-bond acceptors (Lipinski definition) is 0. The lowest BCUT2D eigenvalue weighted by molar-refractivity contribution is 1.09. The summed E-state index contributed by atoms with van der Waals surface area (Å²) in [4.78, 5) is 0. The lowest BCUT2D eigenvalue weighted by Crippen LogP contribution is -1.27. The first-order valence-electron chi connectivity index (χ1n) is 1.41. The predicted molar refractivity (Wildman–Crippen MR) is 23.8 cm³/mol. The quantitative estimate of drug-likeness (QED) is 0.402. The molecule has 0 amide bonds. The van der Waals surface area contributed by atoms with Gasteiger partial charge in [0, 0.05) is 0 Å². The Morgan fingerprint density at radius 1 is 1.50 bits per heavy atom. The summed E-state index contributed by atoms with van der Waals surface area (Å²) in [6, 6.07) is 0. The minimum Gasteiger partial charge on any atom is -0.0776 e. The first kappa shape index (κ1) is 9.00. The van der Waals surface area contributed by atoms with E-state index in [2.05, 4.69) is 13.8 Å². The van der Waals surface area contributed by atoms with Crippen LogP contribution in [0.25, 0.3) is 0 Å². The van der Waals surface area contributed by atoms with Crippen LogP contribution in [0.15, 0.2) is 0 Å². The number of rotatable bonds is 0. The summed E-state index contributed by atoms with van der Waals surface area (Å²) in [6.45, 7) is 4.25. The molecule has 0 bridgehead atoms. The molecule has 0 aliphatic carbocycles. The molecule has 0 atom stereocenters. The topological polar surface area (TPSA) is 0 Å². The van der Waals surface area contributed by atoms with Gasteiger partial charge in [0.25, 0.3) is 0 Å². The van der Waals surface area contributed by atoms with Crippen LogP contribution in [0.4, 0.5) is 0 Å². The summed E-state index contributed by atoms with van der Waals surface area (Å²) < 4.78 is 0. The first-order valence-corrected chi connectivity index (χ1v) is 1.41. The lowest BCUT2D eigenvalue weighted by Gasteiger charge is -1.48. The Balaban J connectivity index is -0.0000000200. The van der Waals surface area contributed by atoms with Crippen molar-refractivity contribution in [1.82, 2.24) is 0 Å². The van der Waals surface area contributed by atoms with E-state index in [4.69, 9.17) is 0 Å². The molecule has 0 heterocycles. The zero-order chi connectivity index (χ0) is 2.71. The van der Waals surface area contributed by atoms with E-state index >= 15 is 0 Å². The average molecular weight is 61.1 g/mol. The summed E-state index contributed by atoms with van der Waals surface area (Å²) >= 11 is 0. The predicted octanol–water partition coefficient (Wildman–Crippen LogP) is 2.16. The van der Waals surface area contributed by atoms with Gasteiger partial charge in [-0.1, -0.05) is 27.7 Å². The molecule has 0 aliphatic heterocycles. The zero-order valence-corrected chi connectivity index (χ0v) is 2.71. The highest BCUT2D eigenvalue weighted by molar-refractivity contribution is 3.92. The summed E-state index contributed by atoms with van der Waals surface area (Å²) in [5.74, 6) is 0. The van der Waals surface area contributed by atoms with Gasteiger partial charge in [-0.05, 0) is 0 Å². The Hall–Kier alpha value is 0. The molecule has 0 aliphatic rings. The second kappa shape index (κ2) is 12.0. The summed E-state index contributed by atoms with van der Waals surface area (Å²) in [6.07, 6.45) is 1.25. The van der Waals surface area contributed by atoms with Crippen LogP contribution in [0.3, 0.4) is 0 Å². The summed E-state index contributed by atoms with van der Waals surface area (Å²) in [7, 11) is 0. The molecule has 0 N–H and O–H groups in total. The summed E-state index contributed by atoms with van der Waals surface area (Å²) in [5, 5.41) is 0. The maximum atomic E-state index is 2.12. The molecule has 0 rings (SSSR count). The molecule has 0 heteroatoms. The zero-order valence-electron chi connectivity index (χ0n) is 3.71. The van der Waals surface area contributed by atoms with Gasteiger partial charge in [0.15, 0.2) is 0 Å². The normalized spacial score (nSPS) is 4.50. The molecule has 4 heavy (non-hydrogen) atoms. The van der Waals surface area contributed by atoms with Crippen LogP contribution in [0.5, 0.6) is 0 Å². The van der Waals surface area contributed by atoms with E-state index in [0.717, 1.165) is 0 Å². The Morgan fingerprint density at radius 2 is 1.50 bits per heavy atom. The van der Waals surface area contributed by atoms with E-state index < -0.39 is 0 Å². The second-order valence-corrected chi connectivity index (χ2v) is 0.707. The van der Waals surface area contributed by atoms with E-state index in [-0.39, 0.29) is 8.85 Å². The number of hydrogen-bond donors (Lipinski definition) is 0. The Morgan fingerprint density at radius 3 is 1.50 bits per heavy atom. The van der Waals surface area contributed by atoms with Crippen molar-refractivity contribution in [3.05, 3.63) is 0 Å². The van der Waals surface area contributed by atoms with Gasteiger partial charge in [0.05, 0.1) is 0 Å². The Labute approximate surface area is 30.3 Å². The van der Waals surface area contributed by atoms with E-state index in [1.807, 2.05) is 0 Å². The lowest BCUT2D eigenvalue weighted by atomic mass is 10.6. The fraction of sp³-hybridized carbons (Fsp3) is 1.00. The van der Waals surface area contributed by atoms with Crippen LogP contribution in [-0.4, -0.2) is 0 Å². The average Bonchev–Trinajstić information content (AvgIpc) is 0.918. The van der Waals surface area contributed by atoms with Gasteiger partial charge in [-0.25, -0.2) is 0 Å². The highest BCUT2D eigenvalue weighted by Gasteiger charge is 1.35.